The second-order valence-electron chi connectivity index (χ2n) is 2.01. The number of nitrogens with one attached hydrogen (secondary N) is 1. The van der Waals surface area contributed by atoms with E-state index in [1.54, 1.807) is 13.4 Å². The molecule has 0 bridgehead atoms. The average Bonchev–Trinajstić information content (AvgIpc) is 2.41. The summed E-state index contributed by atoms with van der Waals surface area (Å²) in [5.41, 5.74) is 0. The summed E-state index contributed by atoms with van der Waals surface area (Å²) in [4.78, 5) is 3.94. The van der Waals surface area contributed by atoms with Crippen molar-refractivity contribution in [3.05, 3.63) is 0 Å². The second kappa shape index (κ2) is 4.24. The molecule has 1 N–H and O–H groups in total. The SMILES string of the molecule is COCCOC1CN=CN1. The van der Waals surface area contributed by atoms with Gasteiger partial charge >= 0.3 is 0 Å². The van der Waals surface area contributed by atoms with Crippen LogP contribution in [0.3, 0.4) is 0 Å². The molecule has 0 aliphatic carbocycles. The van der Waals surface area contributed by atoms with Crippen molar-refractivity contribution in [2.45, 2.75) is 6.23 Å². The predicted octanol–water partition coefficient (Wildman–Crippen LogP) is -0.393. The number of rotatable bonds is 4. The Morgan fingerprint density at radius 3 is 3.20 bits per heavy atom. The molecule has 0 saturated carbocycles. The van der Waals surface area contributed by atoms with Crippen LogP contribution in [-0.4, -0.2) is 39.4 Å². The molecule has 1 aliphatic heterocycles. The van der Waals surface area contributed by atoms with Gasteiger partial charge in [0.1, 0.15) is 6.23 Å². The van der Waals surface area contributed by atoms with Gasteiger partial charge in [0, 0.05) is 7.11 Å². The third-order valence-electron chi connectivity index (χ3n) is 1.23. The quantitative estimate of drug-likeness (QED) is 0.546. The summed E-state index contributed by atoms with van der Waals surface area (Å²) in [6.45, 7) is 1.97. The molecule has 0 amide bonds. The van der Waals surface area contributed by atoms with Crippen LogP contribution in [0.25, 0.3) is 0 Å². The summed E-state index contributed by atoms with van der Waals surface area (Å²) < 4.78 is 10.1. The largest absolute Gasteiger partial charge is 0.382 e. The first kappa shape index (κ1) is 7.50. The molecule has 0 radical (unpaired) electrons. The molecule has 1 aliphatic rings. The fraction of sp³-hybridized carbons (Fsp3) is 0.833. The molecule has 0 aromatic heterocycles. The van der Waals surface area contributed by atoms with Crippen LogP contribution in [0, 0.1) is 0 Å². The molecule has 0 fully saturated rings. The van der Waals surface area contributed by atoms with E-state index in [-0.39, 0.29) is 6.23 Å². The van der Waals surface area contributed by atoms with Crippen LogP contribution in [0.1, 0.15) is 0 Å². The van der Waals surface area contributed by atoms with Gasteiger partial charge in [-0.2, -0.15) is 0 Å². The van der Waals surface area contributed by atoms with Gasteiger partial charge in [-0.1, -0.05) is 0 Å². The Morgan fingerprint density at radius 2 is 2.60 bits per heavy atom. The lowest BCUT2D eigenvalue weighted by atomic mass is 10.6. The minimum Gasteiger partial charge on any atom is -0.382 e. The van der Waals surface area contributed by atoms with Gasteiger partial charge in [0.2, 0.25) is 0 Å². The van der Waals surface area contributed by atoms with Gasteiger partial charge in [0.05, 0.1) is 26.1 Å². The zero-order chi connectivity index (χ0) is 7.23. The van der Waals surface area contributed by atoms with Crippen molar-refractivity contribution in [3.8, 4) is 0 Å². The van der Waals surface area contributed by atoms with Crippen LogP contribution < -0.4 is 5.32 Å². The average molecular weight is 144 g/mol. The van der Waals surface area contributed by atoms with Crippen molar-refractivity contribution in [1.29, 1.82) is 0 Å². The van der Waals surface area contributed by atoms with Crippen LogP contribution >= 0.6 is 0 Å². The van der Waals surface area contributed by atoms with Crippen LogP contribution in [0.15, 0.2) is 4.99 Å². The highest BCUT2D eigenvalue weighted by Crippen LogP contribution is 1.92. The second-order valence-corrected chi connectivity index (χ2v) is 2.01. The molecule has 1 heterocycles. The van der Waals surface area contributed by atoms with E-state index in [4.69, 9.17) is 9.47 Å². The zero-order valence-corrected chi connectivity index (χ0v) is 6.04. The number of hydrogen-bond acceptors (Lipinski definition) is 4. The van der Waals surface area contributed by atoms with Gasteiger partial charge in [-0.25, -0.2) is 0 Å². The maximum absolute atomic E-state index is 5.28. The van der Waals surface area contributed by atoms with Gasteiger partial charge in [-0.3, -0.25) is 4.99 Å². The molecule has 0 aromatic carbocycles. The van der Waals surface area contributed by atoms with Gasteiger partial charge < -0.3 is 14.8 Å². The Morgan fingerprint density at radius 1 is 1.70 bits per heavy atom. The van der Waals surface area contributed by atoms with E-state index in [9.17, 15) is 0 Å². The highest BCUT2D eigenvalue weighted by atomic mass is 16.5. The molecule has 10 heavy (non-hydrogen) atoms. The molecular formula is C6H12N2O2. The lowest BCUT2D eigenvalue weighted by molar-refractivity contribution is 0.0194. The number of methoxy groups -OCH3 is 1. The lowest BCUT2D eigenvalue weighted by Crippen LogP contribution is -2.29. The Kier molecular flexibility index (Phi) is 3.18. The predicted molar refractivity (Wildman–Crippen MR) is 38.1 cm³/mol. The smallest absolute Gasteiger partial charge is 0.148 e. The first-order valence-electron chi connectivity index (χ1n) is 3.28. The van der Waals surface area contributed by atoms with Crippen LogP contribution in [-0.2, 0) is 9.47 Å². The molecular weight excluding hydrogens is 132 g/mol. The molecule has 58 valence electrons. The Bertz CT molecular complexity index is 108. The highest BCUT2D eigenvalue weighted by molar-refractivity contribution is 5.56. The first-order valence-corrected chi connectivity index (χ1v) is 3.28. The summed E-state index contributed by atoms with van der Waals surface area (Å²) >= 11 is 0. The molecule has 0 saturated heterocycles. The van der Waals surface area contributed by atoms with Crippen LogP contribution in [0.4, 0.5) is 0 Å². The van der Waals surface area contributed by atoms with E-state index in [0.29, 0.717) is 19.8 Å². The summed E-state index contributed by atoms with van der Waals surface area (Å²) in [6, 6.07) is 0. The summed E-state index contributed by atoms with van der Waals surface area (Å²) in [6.07, 6.45) is 1.73. The van der Waals surface area contributed by atoms with E-state index in [1.165, 1.54) is 0 Å². The van der Waals surface area contributed by atoms with E-state index >= 15 is 0 Å². The summed E-state index contributed by atoms with van der Waals surface area (Å²) in [5, 5.41) is 2.95. The standard InChI is InChI=1S/C6H12N2O2/c1-9-2-3-10-6-4-7-5-8-6/h5-6H,2-4H2,1H3,(H,7,8). The molecule has 4 heteroatoms. The molecule has 0 spiro atoms. The van der Waals surface area contributed by atoms with Crippen molar-refractivity contribution in [2.24, 2.45) is 4.99 Å². The Hall–Kier alpha value is -0.610. The number of nitrogens with zero attached hydrogens (tertiary/aromatic N) is 1. The topological polar surface area (TPSA) is 42.9 Å². The van der Waals surface area contributed by atoms with Gasteiger partial charge in [0.25, 0.3) is 0 Å². The van der Waals surface area contributed by atoms with Crippen LogP contribution in [0.2, 0.25) is 0 Å². The maximum atomic E-state index is 5.28. The van der Waals surface area contributed by atoms with E-state index in [0.717, 1.165) is 0 Å². The van der Waals surface area contributed by atoms with E-state index in [1.807, 2.05) is 0 Å². The van der Waals surface area contributed by atoms with Gasteiger partial charge in [-0.05, 0) is 0 Å². The lowest BCUT2D eigenvalue weighted by Gasteiger charge is -2.09. The number of ether oxygens (including phenoxy) is 2. The van der Waals surface area contributed by atoms with E-state index < -0.39 is 0 Å². The molecule has 4 nitrogen and oxygen atoms in total. The number of aliphatic imine (C=N–C) groups is 1. The maximum Gasteiger partial charge on any atom is 0.148 e. The van der Waals surface area contributed by atoms with Crippen molar-refractivity contribution >= 4 is 6.34 Å². The number of hydrogen-bond donors (Lipinski definition) is 1. The highest BCUT2D eigenvalue weighted by Gasteiger charge is 2.08. The van der Waals surface area contributed by atoms with Crippen molar-refractivity contribution < 1.29 is 9.47 Å². The first-order chi connectivity index (χ1) is 4.93. The fourth-order valence-electron chi connectivity index (χ4n) is 0.712. The monoisotopic (exact) mass is 144 g/mol. The minimum absolute atomic E-state index is 0.0650. The van der Waals surface area contributed by atoms with E-state index in [2.05, 4.69) is 10.3 Å². The van der Waals surface area contributed by atoms with Crippen molar-refractivity contribution in [3.63, 3.8) is 0 Å². The molecule has 0 aromatic rings. The molecule has 1 atom stereocenters. The third-order valence-corrected chi connectivity index (χ3v) is 1.23. The summed E-state index contributed by atoms with van der Waals surface area (Å²) in [7, 11) is 1.65. The third kappa shape index (κ3) is 2.33. The van der Waals surface area contributed by atoms with Crippen LogP contribution in [0.5, 0.6) is 0 Å². The van der Waals surface area contributed by atoms with Crippen molar-refractivity contribution in [2.75, 3.05) is 26.9 Å². The Labute approximate surface area is 60.2 Å². The molecule has 1 rings (SSSR count). The van der Waals surface area contributed by atoms with Crippen molar-refractivity contribution in [1.82, 2.24) is 5.32 Å². The Balaban J connectivity index is 1.93. The zero-order valence-electron chi connectivity index (χ0n) is 6.04. The normalized spacial score (nSPS) is 23.1. The fourth-order valence-corrected chi connectivity index (χ4v) is 0.712. The van der Waals surface area contributed by atoms with Gasteiger partial charge in [0.15, 0.2) is 0 Å². The van der Waals surface area contributed by atoms with Gasteiger partial charge in [-0.15, -0.1) is 0 Å². The minimum atomic E-state index is 0.0650. The molecule has 1 unspecified atom stereocenters. The summed E-state index contributed by atoms with van der Waals surface area (Å²) in [5.74, 6) is 0.